The van der Waals surface area contributed by atoms with Crippen LogP contribution in [0.25, 0.3) is 10.2 Å². The van der Waals surface area contributed by atoms with E-state index in [0.29, 0.717) is 17.4 Å². The molecule has 0 amide bonds. The number of carbonyl (C=O) groups is 1. The smallest absolute Gasteiger partial charge is 0.348 e. The molecule has 28 heavy (non-hydrogen) atoms. The van der Waals surface area contributed by atoms with Gasteiger partial charge in [0.05, 0.1) is 12.0 Å². The van der Waals surface area contributed by atoms with Gasteiger partial charge in [0.2, 0.25) is 0 Å². The number of fused-ring (bicyclic) bond motifs is 1. The van der Waals surface area contributed by atoms with E-state index in [1.807, 2.05) is 13.8 Å². The van der Waals surface area contributed by atoms with Crippen LogP contribution in [-0.4, -0.2) is 35.6 Å². The first-order chi connectivity index (χ1) is 13.7. The van der Waals surface area contributed by atoms with E-state index in [4.69, 9.17) is 4.74 Å². The third-order valence-corrected chi connectivity index (χ3v) is 6.63. The Bertz CT molecular complexity index is 963. The minimum Gasteiger partial charge on any atom is -0.462 e. The molecule has 1 aliphatic heterocycles. The van der Waals surface area contributed by atoms with Crippen LogP contribution in [0.2, 0.25) is 0 Å². The zero-order chi connectivity index (χ0) is 19.5. The maximum absolute atomic E-state index is 12.3. The Hall–Kier alpha value is -2.47. The summed E-state index contributed by atoms with van der Waals surface area (Å²) >= 11 is 1.40. The lowest BCUT2D eigenvalue weighted by molar-refractivity contribution is 0.0531. The minimum absolute atomic E-state index is 0.268. The molecular weight excluding hydrogens is 370 g/mol. The lowest BCUT2D eigenvalue weighted by Crippen LogP contribution is -2.35. The third kappa shape index (κ3) is 3.74. The van der Waals surface area contributed by atoms with Crippen molar-refractivity contribution >= 4 is 33.3 Å². The van der Waals surface area contributed by atoms with Crippen molar-refractivity contribution in [2.45, 2.75) is 33.1 Å². The summed E-state index contributed by atoms with van der Waals surface area (Å²) in [5.74, 6) is 1.39. The van der Waals surface area contributed by atoms with Gasteiger partial charge in [0.1, 0.15) is 21.9 Å². The van der Waals surface area contributed by atoms with Crippen LogP contribution in [0.15, 0.2) is 36.7 Å². The fourth-order valence-corrected chi connectivity index (χ4v) is 5.02. The van der Waals surface area contributed by atoms with Crippen LogP contribution >= 0.6 is 11.3 Å². The molecule has 6 heteroatoms. The molecule has 0 radical (unpaired) electrons. The number of carbonyl (C=O) groups excluding carboxylic acids is 1. The predicted octanol–water partition coefficient (Wildman–Crippen LogP) is 4.64. The molecule has 0 spiro atoms. The van der Waals surface area contributed by atoms with Crippen molar-refractivity contribution in [1.82, 2.24) is 9.97 Å². The summed E-state index contributed by atoms with van der Waals surface area (Å²) < 4.78 is 5.20. The van der Waals surface area contributed by atoms with E-state index in [1.54, 1.807) is 6.33 Å². The van der Waals surface area contributed by atoms with Crippen LogP contribution in [0.5, 0.6) is 0 Å². The Kier molecular flexibility index (Phi) is 5.57. The Morgan fingerprint density at radius 1 is 1.21 bits per heavy atom. The SMILES string of the molecule is CCOC(=O)c1sc2ncnc(N3CCC(Cc4ccccc4)CC3)c2c1C. The molecular formula is C22H25N3O2S. The van der Waals surface area contributed by atoms with Gasteiger partial charge < -0.3 is 9.64 Å². The number of benzene rings is 1. The van der Waals surface area contributed by atoms with Crippen molar-refractivity contribution in [1.29, 1.82) is 0 Å². The van der Waals surface area contributed by atoms with Gasteiger partial charge >= 0.3 is 5.97 Å². The first-order valence-corrected chi connectivity index (χ1v) is 10.7. The second kappa shape index (κ2) is 8.27. The Balaban J connectivity index is 1.53. The van der Waals surface area contributed by atoms with Crippen molar-refractivity contribution < 1.29 is 9.53 Å². The van der Waals surface area contributed by atoms with Gasteiger partial charge in [0.25, 0.3) is 0 Å². The molecule has 0 atom stereocenters. The normalized spacial score (nSPS) is 15.1. The van der Waals surface area contributed by atoms with Gasteiger partial charge in [-0.15, -0.1) is 11.3 Å². The number of nitrogens with zero attached hydrogens (tertiary/aromatic N) is 3. The van der Waals surface area contributed by atoms with Crippen LogP contribution in [0.4, 0.5) is 5.82 Å². The van der Waals surface area contributed by atoms with Crippen LogP contribution in [-0.2, 0) is 11.2 Å². The first kappa shape index (κ1) is 18.9. The summed E-state index contributed by atoms with van der Waals surface area (Å²) in [6, 6.07) is 10.7. The highest BCUT2D eigenvalue weighted by Crippen LogP contribution is 2.36. The fourth-order valence-electron chi connectivity index (χ4n) is 3.98. The van der Waals surface area contributed by atoms with Crippen molar-refractivity contribution in [3.05, 3.63) is 52.7 Å². The number of esters is 1. The van der Waals surface area contributed by atoms with Crippen molar-refractivity contribution in [2.24, 2.45) is 5.92 Å². The molecule has 0 unspecified atom stereocenters. The number of anilines is 1. The van der Waals surface area contributed by atoms with E-state index >= 15 is 0 Å². The molecule has 4 rings (SSSR count). The van der Waals surface area contributed by atoms with Gasteiger partial charge in [-0.05, 0) is 50.2 Å². The van der Waals surface area contributed by atoms with Crippen LogP contribution in [0, 0.1) is 12.8 Å². The van der Waals surface area contributed by atoms with Gasteiger partial charge in [-0.25, -0.2) is 14.8 Å². The molecule has 3 aromatic rings. The summed E-state index contributed by atoms with van der Waals surface area (Å²) in [4.78, 5) is 25.1. The lowest BCUT2D eigenvalue weighted by Gasteiger charge is -2.33. The molecule has 0 bridgehead atoms. The highest BCUT2D eigenvalue weighted by atomic mass is 32.1. The fraction of sp³-hybridized carbons (Fsp3) is 0.409. The number of hydrogen-bond donors (Lipinski definition) is 0. The molecule has 0 N–H and O–H groups in total. The summed E-state index contributed by atoms with van der Waals surface area (Å²) in [6.07, 6.45) is 5.04. The molecule has 146 valence electrons. The van der Waals surface area contributed by atoms with Gasteiger partial charge in [0, 0.05) is 13.1 Å². The highest BCUT2D eigenvalue weighted by Gasteiger charge is 2.25. The van der Waals surface area contributed by atoms with Gasteiger partial charge in [-0.1, -0.05) is 30.3 Å². The summed E-state index contributed by atoms with van der Waals surface area (Å²) in [6.45, 7) is 6.13. The van der Waals surface area contributed by atoms with Crippen LogP contribution in [0.1, 0.15) is 40.6 Å². The second-order valence-corrected chi connectivity index (χ2v) is 8.27. The van der Waals surface area contributed by atoms with E-state index in [2.05, 4.69) is 45.2 Å². The molecule has 3 heterocycles. The number of thiophene rings is 1. The molecule has 1 aliphatic rings. The third-order valence-electron chi connectivity index (χ3n) is 5.45. The lowest BCUT2D eigenvalue weighted by atomic mass is 9.90. The van der Waals surface area contributed by atoms with Crippen molar-refractivity contribution in [3.63, 3.8) is 0 Å². The first-order valence-electron chi connectivity index (χ1n) is 9.87. The molecule has 0 aliphatic carbocycles. The van der Waals surface area contributed by atoms with Gasteiger partial charge in [-0.3, -0.25) is 0 Å². The van der Waals surface area contributed by atoms with Gasteiger partial charge in [-0.2, -0.15) is 0 Å². The van der Waals surface area contributed by atoms with Crippen LogP contribution < -0.4 is 4.90 Å². The zero-order valence-electron chi connectivity index (χ0n) is 16.4. The molecule has 1 saturated heterocycles. The van der Waals surface area contributed by atoms with E-state index in [-0.39, 0.29) is 5.97 Å². The van der Waals surface area contributed by atoms with Crippen molar-refractivity contribution in [2.75, 3.05) is 24.6 Å². The van der Waals surface area contributed by atoms with E-state index < -0.39 is 0 Å². The number of aromatic nitrogens is 2. The predicted molar refractivity (Wildman–Crippen MR) is 113 cm³/mol. The maximum Gasteiger partial charge on any atom is 0.348 e. The molecule has 1 fully saturated rings. The number of aryl methyl sites for hydroxylation is 1. The number of rotatable bonds is 5. The second-order valence-electron chi connectivity index (χ2n) is 7.27. The van der Waals surface area contributed by atoms with Gasteiger partial charge in [0.15, 0.2) is 0 Å². The maximum atomic E-state index is 12.3. The van der Waals surface area contributed by atoms with E-state index in [0.717, 1.165) is 53.9 Å². The topological polar surface area (TPSA) is 55.3 Å². The number of ether oxygens (including phenoxy) is 1. The minimum atomic E-state index is -0.268. The monoisotopic (exact) mass is 395 g/mol. The quantitative estimate of drug-likeness (QED) is 0.589. The Morgan fingerprint density at radius 2 is 1.96 bits per heavy atom. The zero-order valence-corrected chi connectivity index (χ0v) is 17.2. The number of hydrogen-bond acceptors (Lipinski definition) is 6. The van der Waals surface area contributed by atoms with E-state index in [9.17, 15) is 4.79 Å². The molecule has 2 aromatic heterocycles. The highest BCUT2D eigenvalue weighted by molar-refractivity contribution is 7.20. The Labute approximate surface area is 169 Å². The van der Waals surface area contributed by atoms with Crippen LogP contribution in [0.3, 0.4) is 0 Å². The molecule has 5 nitrogen and oxygen atoms in total. The van der Waals surface area contributed by atoms with Crippen molar-refractivity contribution in [3.8, 4) is 0 Å². The Morgan fingerprint density at radius 3 is 2.68 bits per heavy atom. The van der Waals surface area contributed by atoms with E-state index in [1.165, 1.54) is 16.9 Å². The molecule has 0 saturated carbocycles. The standard InChI is InChI=1S/C22H25N3O2S/c1-3-27-22(26)19-15(2)18-20(23-14-24-21(18)28-19)25-11-9-17(10-12-25)13-16-7-5-4-6-8-16/h4-8,14,17H,3,9-13H2,1-2H3. The summed E-state index contributed by atoms with van der Waals surface area (Å²) in [7, 11) is 0. The number of piperidine rings is 1. The average molecular weight is 396 g/mol. The summed E-state index contributed by atoms with van der Waals surface area (Å²) in [5.41, 5.74) is 2.35. The molecule has 1 aromatic carbocycles. The summed E-state index contributed by atoms with van der Waals surface area (Å²) in [5, 5.41) is 0.997. The largest absolute Gasteiger partial charge is 0.462 e. The average Bonchev–Trinajstić information content (AvgIpc) is 3.07.